The first kappa shape index (κ1) is 14.4. The van der Waals surface area contributed by atoms with E-state index in [0.29, 0.717) is 12.8 Å². The van der Waals surface area contributed by atoms with Gasteiger partial charge < -0.3 is 25.5 Å². The molecule has 5 N–H and O–H groups in total. The monoisotopic (exact) mass is 278 g/mol. The van der Waals surface area contributed by atoms with Gasteiger partial charge in [-0.15, -0.1) is 0 Å². The highest BCUT2D eigenvalue weighted by Gasteiger charge is 2.35. The highest BCUT2D eigenvalue weighted by atomic mass is 16.4. The van der Waals surface area contributed by atoms with Crippen LogP contribution in [-0.4, -0.2) is 86.2 Å². The van der Waals surface area contributed by atoms with Crippen molar-refractivity contribution in [3.8, 4) is 0 Å². The molecule has 0 saturated carbocycles. The van der Waals surface area contributed by atoms with Gasteiger partial charge in [0.1, 0.15) is 24.4 Å². The smallest absolute Gasteiger partial charge is 0.320 e. The Hall–Kier alpha value is -1.06. The Labute approximate surface area is 111 Å². The average Bonchev–Trinajstić information content (AvgIpc) is 2.92. The Morgan fingerprint density at radius 3 is 2.53 bits per heavy atom. The number of aliphatic hydroxyl groups excluding tert-OH is 4. The number of rotatable bonds is 7. The van der Waals surface area contributed by atoms with Gasteiger partial charge in [0.15, 0.2) is 5.78 Å². The highest BCUT2D eigenvalue weighted by Crippen LogP contribution is 2.17. The lowest BCUT2D eigenvalue weighted by atomic mass is 10.0. The second-order valence-corrected chi connectivity index (χ2v) is 4.45. The summed E-state index contributed by atoms with van der Waals surface area (Å²) in [5.41, 5.74) is 0. The number of hydrogen-bond acceptors (Lipinski definition) is 7. The van der Waals surface area contributed by atoms with E-state index in [1.165, 1.54) is 0 Å². The molecule has 0 aromatic rings. The number of Topliss-reactive ketones (excluding diaryl/α,β-unsaturated/α-hetero) is 1. The fourth-order valence-corrected chi connectivity index (χ4v) is 1.94. The largest absolute Gasteiger partial charge is 0.480 e. The van der Waals surface area contributed by atoms with E-state index in [2.05, 4.69) is 0 Å². The van der Waals surface area contributed by atoms with Gasteiger partial charge in [-0.25, -0.2) is 0 Å². The molecule has 0 aromatic heterocycles. The van der Waals surface area contributed by atoms with Crippen LogP contribution in [0.15, 0.2) is 0 Å². The fraction of sp³-hybridized carbons (Fsp3) is 0.818. The van der Waals surface area contributed by atoms with Crippen molar-refractivity contribution < 1.29 is 36.5 Å². The second kappa shape index (κ2) is 6.92. The number of carbonyl (C=O) groups excluding carboxylic acids is 1. The molecule has 0 radical (unpaired) electrons. The standard InChI is InChI=1S/C11H19NO7/c13-5-8(15)10(17)9(16)7(14)4-12-3-1-2-6(12)11(18)19/h6,8-10,13,15-17H,1-5H2,(H,18,19)/t6?,8-,9-,10-/m1/s1/i4D/t4?,6?,8-,9-,10-. The summed E-state index contributed by atoms with van der Waals surface area (Å²) in [4.78, 5) is 23.9. The van der Waals surface area contributed by atoms with Crippen molar-refractivity contribution in [1.29, 1.82) is 0 Å². The molecule has 110 valence electrons. The third-order valence-corrected chi connectivity index (χ3v) is 3.07. The van der Waals surface area contributed by atoms with Crippen LogP contribution in [0.1, 0.15) is 14.2 Å². The van der Waals surface area contributed by atoms with E-state index in [0.717, 1.165) is 4.90 Å². The lowest BCUT2D eigenvalue weighted by Crippen LogP contribution is -2.48. The molecule has 1 rings (SSSR count). The molecule has 1 aliphatic rings. The van der Waals surface area contributed by atoms with Crippen molar-refractivity contribution in [2.45, 2.75) is 37.2 Å². The minimum Gasteiger partial charge on any atom is -0.480 e. The summed E-state index contributed by atoms with van der Waals surface area (Å²) < 4.78 is 7.72. The van der Waals surface area contributed by atoms with Crippen molar-refractivity contribution in [3.63, 3.8) is 0 Å². The Balaban J connectivity index is 2.73. The number of likely N-dealkylation sites (tertiary alicyclic amines) is 1. The highest BCUT2D eigenvalue weighted by molar-refractivity contribution is 5.86. The molecule has 0 spiro atoms. The fourth-order valence-electron chi connectivity index (χ4n) is 1.94. The molecule has 8 heteroatoms. The summed E-state index contributed by atoms with van der Waals surface area (Å²) in [5, 5.41) is 45.8. The van der Waals surface area contributed by atoms with Gasteiger partial charge in [0, 0.05) is 0 Å². The second-order valence-electron chi connectivity index (χ2n) is 4.45. The molecule has 8 nitrogen and oxygen atoms in total. The quantitative estimate of drug-likeness (QED) is 0.336. The maximum atomic E-state index is 11.8. The summed E-state index contributed by atoms with van der Waals surface area (Å²) in [6.07, 6.45) is -4.89. The summed E-state index contributed by atoms with van der Waals surface area (Å²) in [6, 6.07) is -0.978. The van der Waals surface area contributed by atoms with E-state index in [1.54, 1.807) is 0 Å². The van der Waals surface area contributed by atoms with E-state index in [1.807, 2.05) is 0 Å². The summed E-state index contributed by atoms with van der Waals surface area (Å²) in [5.74, 6) is -2.27. The molecule has 0 amide bonds. The van der Waals surface area contributed by atoms with Gasteiger partial charge in [-0.2, -0.15) is 0 Å². The zero-order valence-electron chi connectivity index (χ0n) is 11.2. The van der Waals surface area contributed by atoms with Crippen molar-refractivity contribution in [1.82, 2.24) is 4.90 Å². The molecule has 2 unspecified atom stereocenters. The molecule has 0 bridgehead atoms. The van der Waals surface area contributed by atoms with Crippen LogP contribution in [0.5, 0.6) is 0 Å². The normalized spacial score (nSPS) is 27.4. The molecule has 0 aliphatic carbocycles. The zero-order chi connectivity index (χ0) is 15.4. The van der Waals surface area contributed by atoms with Crippen LogP contribution < -0.4 is 0 Å². The van der Waals surface area contributed by atoms with E-state index >= 15 is 0 Å². The summed E-state index contributed by atoms with van der Waals surface area (Å²) in [6.45, 7) is -2.27. The molecule has 19 heavy (non-hydrogen) atoms. The van der Waals surface area contributed by atoms with E-state index in [9.17, 15) is 19.8 Å². The third kappa shape index (κ3) is 3.95. The number of carbonyl (C=O) groups is 2. The Morgan fingerprint density at radius 1 is 1.37 bits per heavy atom. The molecule has 1 heterocycles. The number of aliphatic hydroxyl groups is 4. The predicted molar refractivity (Wildman–Crippen MR) is 62.3 cm³/mol. The maximum Gasteiger partial charge on any atom is 0.320 e. The first-order chi connectivity index (χ1) is 9.31. The predicted octanol–water partition coefficient (Wildman–Crippen LogP) is -2.82. The number of carboxylic acid groups (broad SMARTS) is 1. The average molecular weight is 278 g/mol. The number of carboxylic acids is 1. The minimum atomic E-state index is -2.06. The van der Waals surface area contributed by atoms with Gasteiger partial charge in [-0.1, -0.05) is 0 Å². The zero-order valence-corrected chi connectivity index (χ0v) is 10.2. The molecular formula is C11H19NO7. The van der Waals surface area contributed by atoms with Crippen LogP contribution in [0.3, 0.4) is 0 Å². The molecular weight excluding hydrogens is 258 g/mol. The topological polar surface area (TPSA) is 139 Å². The van der Waals surface area contributed by atoms with E-state index in [-0.39, 0.29) is 6.54 Å². The summed E-state index contributed by atoms with van der Waals surface area (Å²) in [7, 11) is 0. The maximum absolute atomic E-state index is 11.8. The molecule has 0 aromatic carbocycles. The van der Waals surface area contributed by atoms with Gasteiger partial charge in [0.2, 0.25) is 0 Å². The van der Waals surface area contributed by atoms with Crippen molar-refractivity contribution in [2.75, 3.05) is 19.7 Å². The van der Waals surface area contributed by atoms with Crippen LogP contribution in [0.4, 0.5) is 0 Å². The van der Waals surface area contributed by atoms with Gasteiger partial charge in [-0.3, -0.25) is 14.5 Å². The van der Waals surface area contributed by atoms with Crippen LogP contribution in [0.2, 0.25) is 0 Å². The molecule has 1 aliphatic heterocycles. The van der Waals surface area contributed by atoms with Crippen molar-refractivity contribution >= 4 is 11.8 Å². The Bertz CT molecular complexity index is 367. The van der Waals surface area contributed by atoms with E-state index in [4.69, 9.17) is 16.7 Å². The van der Waals surface area contributed by atoms with Crippen LogP contribution in [0.25, 0.3) is 0 Å². The molecule has 1 saturated heterocycles. The first-order valence-corrected chi connectivity index (χ1v) is 5.90. The lowest BCUT2D eigenvalue weighted by Gasteiger charge is -2.24. The van der Waals surface area contributed by atoms with Gasteiger partial charge >= 0.3 is 5.97 Å². The van der Waals surface area contributed by atoms with Crippen molar-refractivity contribution in [2.24, 2.45) is 0 Å². The Morgan fingerprint density at radius 2 is 2.00 bits per heavy atom. The Kier molecular flexibility index (Phi) is 5.23. The van der Waals surface area contributed by atoms with Crippen LogP contribution in [0, 0.1) is 0 Å². The van der Waals surface area contributed by atoms with Gasteiger partial charge in [-0.05, 0) is 19.4 Å². The third-order valence-electron chi connectivity index (χ3n) is 3.07. The first-order valence-electron chi connectivity index (χ1n) is 6.48. The van der Waals surface area contributed by atoms with Gasteiger partial charge in [0.25, 0.3) is 0 Å². The number of ketones is 1. The lowest BCUT2D eigenvalue weighted by molar-refractivity contribution is -0.145. The van der Waals surface area contributed by atoms with Crippen molar-refractivity contribution in [3.05, 3.63) is 0 Å². The van der Waals surface area contributed by atoms with Crippen LogP contribution in [-0.2, 0) is 9.59 Å². The molecule has 5 atom stereocenters. The van der Waals surface area contributed by atoms with Gasteiger partial charge in [0.05, 0.1) is 14.5 Å². The number of aliphatic carboxylic acids is 1. The van der Waals surface area contributed by atoms with E-state index < -0.39 is 49.2 Å². The SMILES string of the molecule is [2H]C(C(=O)[C@@H](O)[C@H](O)[C@H](O)CO)N1CCCC1C(=O)O. The van der Waals surface area contributed by atoms with Crippen LogP contribution >= 0.6 is 0 Å². The number of nitrogens with zero attached hydrogens (tertiary/aromatic N) is 1. The minimum absolute atomic E-state index is 0.224. The summed E-state index contributed by atoms with van der Waals surface area (Å²) >= 11 is 0. The number of hydrogen-bond donors (Lipinski definition) is 5. The molecule has 1 fully saturated rings.